The molecule has 0 aliphatic heterocycles. The Morgan fingerprint density at radius 1 is 1.33 bits per heavy atom. The first kappa shape index (κ1) is 12.4. The number of nitrogens with zero attached hydrogens (tertiary/aromatic N) is 2. The molecule has 0 saturated carbocycles. The van der Waals surface area contributed by atoms with E-state index in [9.17, 15) is 10.0 Å². The highest BCUT2D eigenvalue weighted by atomic mass is 16.5. The third-order valence-electron chi connectivity index (χ3n) is 2.80. The van der Waals surface area contributed by atoms with Crippen LogP contribution in [0.15, 0.2) is 34.7 Å². The van der Waals surface area contributed by atoms with Crippen molar-refractivity contribution < 1.29 is 14.4 Å². The molecule has 96 valence electrons. The summed E-state index contributed by atoms with van der Waals surface area (Å²) in [5.41, 5.74) is 0.741. The molecule has 1 heterocycles. The van der Waals surface area contributed by atoms with Crippen molar-refractivity contribution in [3.05, 3.63) is 36.1 Å². The highest BCUT2D eigenvalue weighted by Crippen LogP contribution is 2.26. The zero-order valence-electron chi connectivity index (χ0n) is 10.6. The molecule has 0 bridgehead atoms. The van der Waals surface area contributed by atoms with Gasteiger partial charge in [0.05, 0.1) is 0 Å². The highest BCUT2D eigenvalue weighted by Gasteiger charge is 2.23. The number of carbonyl (C=O) groups is 1. The second-order valence-electron chi connectivity index (χ2n) is 4.38. The van der Waals surface area contributed by atoms with Crippen molar-refractivity contribution in [1.29, 1.82) is 0 Å². The predicted molar refractivity (Wildman–Crippen MR) is 67.3 cm³/mol. The summed E-state index contributed by atoms with van der Waals surface area (Å²) in [6, 6.07) is 8.36. The Hall–Kier alpha value is -2.01. The van der Waals surface area contributed by atoms with Gasteiger partial charge < -0.3 is 9.32 Å². The molecule has 5 nitrogen and oxygen atoms in total. The Kier molecular flexibility index (Phi) is 3.25. The zero-order chi connectivity index (χ0) is 13.3. The van der Waals surface area contributed by atoms with Crippen LogP contribution >= 0.6 is 0 Å². The van der Waals surface area contributed by atoms with Crippen molar-refractivity contribution in [2.24, 2.45) is 0 Å². The molecule has 0 saturated heterocycles. The third kappa shape index (κ3) is 2.17. The smallest absolute Gasteiger partial charge is 0.343 e. The average Bonchev–Trinajstić information content (AvgIpc) is 2.79. The summed E-state index contributed by atoms with van der Waals surface area (Å²) in [7, 11) is 3.16. The maximum absolute atomic E-state index is 11.6. The van der Waals surface area contributed by atoms with Crippen molar-refractivity contribution in [3.63, 3.8) is 0 Å². The van der Waals surface area contributed by atoms with Gasteiger partial charge in [0.15, 0.2) is 0 Å². The van der Waals surface area contributed by atoms with Crippen molar-refractivity contribution in [1.82, 2.24) is 9.96 Å². The van der Waals surface area contributed by atoms with Crippen LogP contribution in [-0.2, 0) is 0 Å². The molecular formula is C13H16N2O3. The number of hydroxylamine groups is 2. The van der Waals surface area contributed by atoms with Crippen LogP contribution in [0.1, 0.15) is 18.7 Å². The summed E-state index contributed by atoms with van der Waals surface area (Å²) in [6.45, 7) is 1.71. The number of rotatable bonds is 2. The Morgan fingerprint density at radius 3 is 2.61 bits per heavy atom. The standard InChI is InChI=1S/C13H16N2O3/c1-9(15(17)13(16)14(2)3)12-8-10-6-4-5-7-11(10)18-12/h4-9,17H,1-3H3. The lowest BCUT2D eigenvalue weighted by molar-refractivity contribution is -0.0875. The van der Waals surface area contributed by atoms with Gasteiger partial charge in [0.2, 0.25) is 0 Å². The number of urea groups is 1. The van der Waals surface area contributed by atoms with E-state index in [1.807, 2.05) is 30.3 Å². The topological polar surface area (TPSA) is 56.9 Å². The summed E-state index contributed by atoms with van der Waals surface area (Å²) in [6.07, 6.45) is 0. The Bertz CT molecular complexity index is 529. The minimum absolute atomic E-state index is 0.483. The van der Waals surface area contributed by atoms with Gasteiger partial charge in [-0.2, -0.15) is 5.06 Å². The van der Waals surface area contributed by atoms with Gasteiger partial charge in [-0.25, -0.2) is 4.79 Å². The van der Waals surface area contributed by atoms with E-state index in [0.29, 0.717) is 10.8 Å². The molecule has 1 aromatic heterocycles. The lowest BCUT2D eigenvalue weighted by atomic mass is 10.2. The van der Waals surface area contributed by atoms with E-state index in [4.69, 9.17) is 4.42 Å². The first-order valence-electron chi connectivity index (χ1n) is 5.68. The lowest BCUT2D eigenvalue weighted by Crippen LogP contribution is -2.38. The number of amides is 2. The molecule has 0 aliphatic rings. The van der Waals surface area contributed by atoms with Crippen molar-refractivity contribution in [3.8, 4) is 0 Å². The number of furan rings is 1. The molecule has 2 rings (SSSR count). The minimum Gasteiger partial charge on any atom is -0.459 e. The van der Waals surface area contributed by atoms with E-state index in [1.165, 1.54) is 4.90 Å². The normalized spacial score (nSPS) is 12.4. The molecule has 1 N–H and O–H groups in total. The molecule has 0 fully saturated rings. The van der Waals surface area contributed by atoms with Crippen molar-refractivity contribution in [2.45, 2.75) is 13.0 Å². The van der Waals surface area contributed by atoms with E-state index in [1.54, 1.807) is 21.0 Å². The summed E-state index contributed by atoms with van der Waals surface area (Å²) < 4.78 is 5.61. The molecule has 18 heavy (non-hydrogen) atoms. The van der Waals surface area contributed by atoms with Crippen molar-refractivity contribution >= 4 is 17.0 Å². The minimum atomic E-state index is -0.535. The van der Waals surface area contributed by atoms with Crippen LogP contribution in [0.4, 0.5) is 4.79 Å². The number of hydrogen-bond acceptors (Lipinski definition) is 3. The lowest BCUT2D eigenvalue weighted by Gasteiger charge is -2.24. The molecule has 1 aromatic carbocycles. The Morgan fingerprint density at radius 2 is 2.00 bits per heavy atom. The van der Waals surface area contributed by atoms with E-state index in [2.05, 4.69) is 0 Å². The number of hydrogen-bond donors (Lipinski definition) is 1. The van der Waals surface area contributed by atoms with E-state index >= 15 is 0 Å². The molecule has 2 aromatic rings. The maximum atomic E-state index is 11.6. The number of carbonyl (C=O) groups excluding carboxylic acids is 1. The summed E-state index contributed by atoms with van der Waals surface area (Å²) in [5.74, 6) is 0.550. The predicted octanol–water partition coefficient (Wildman–Crippen LogP) is 2.87. The monoisotopic (exact) mass is 248 g/mol. The van der Waals surface area contributed by atoms with Crippen LogP contribution in [0.3, 0.4) is 0 Å². The number of para-hydroxylation sites is 1. The molecule has 1 atom stereocenters. The quantitative estimate of drug-likeness (QED) is 0.656. The summed E-state index contributed by atoms with van der Waals surface area (Å²) in [5, 5.41) is 11.4. The first-order valence-corrected chi connectivity index (χ1v) is 5.68. The average molecular weight is 248 g/mol. The number of fused-ring (bicyclic) bond motifs is 1. The molecule has 0 aliphatic carbocycles. The van der Waals surface area contributed by atoms with Crippen LogP contribution in [0.25, 0.3) is 11.0 Å². The first-order chi connectivity index (χ1) is 8.50. The highest BCUT2D eigenvalue weighted by molar-refractivity contribution is 5.78. The molecule has 0 spiro atoms. The zero-order valence-corrected chi connectivity index (χ0v) is 10.6. The van der Waals surface area contributed by atoms with Crippen LogP contribution in [0, 0.1) is 0 Å². The van der Waals surface area contributed by atoms with E-state index in [-0.39, 0.29) is 0 Å². The second-order valence-corrected chi connectivity index (χ2v) is 4.38. The van der Waals surface area contributed by atoms with Gasteiger partial charge in [0.1, 0.15) is 17.4 Å². The van der Waals surface area contributed by atoms with E-state index < -0.39 is 12.1 Å². The van der Waals surface area contributed by atoms with Gasteiger partial charge in [0, 0.05) is 19.5 Å². The second kappa shape index (κ2) is 4.70. The SMILES string of the molecule is CC(c1cc2ccccc2o1)N(O)C(=O)N(C)C. The Balaban J connectivity index is 2.27. The fourth-order valence-corrected chi connectivity index (χ4v) is 1.70. The van der Waals surface area contributed by atoms with Gasteiger partial charge in [-0.15, -0.1) is 0 Å². The molecule has 2 amide bonds. The van der Waals surface area contributed by atoms with Gasteiger partial charge in [-0.1, -0.05) is 18.2 Å². The van der Waals surface area contributed by atoms with Crippen LogP contribution in [0.5, 0.6) is 0 Å². The molecule has 0 radical (unpaired) electrons. The fraction of sp³-hybridized carbons (Fsp3) is 0.308. The van der Waals surface area contributed by atoms with Gasteiger partial charge in [0.25, 0.3) is 0 Å². The molecule has 5 heteroatoms. The van der Waals surface area contributed by atoms with Gasteiger partial charge in [-0.05, 0) is 19.1 Å². The van der Waals surface area contributed by atoms with Crippen LogP contribution < -0.4 is 0 Å². The third-order valence-corrected chi connectivity index (χ3v) is 2.80. The molecular weight excluding hydrogens is 232 g/mol. The summed E-state index contributed by atoms with van der Waals surface area (Å²) >= 11 is 0. The van der Waals surface area contributed by atoms with Gasteiger partial charge in [-0.3, -0.25) is 5.21 Å². The largest absolute Gasteiger partial charge is 0.459 e. The van der Waals surface area contributed by atoms with Crippen molar-refractivity contribution in [2.75, 3.05) is 14.1 Å². The van der Waals surface area contributed by atoms with Gasteiger partial charge >= 0.3 is 6.03 Å². The van der Waals surface area contributed by atoms with Crippen LogP contribution in [-0.4, -0.2) is 35.3 Å². The summed E-state index contributed by atoms with van der Waals surface area (Å²) in [4.78, 5) is 12.9. The van der Waals surface area contributed by atoms with Crippen LogP contribution in [0.2, 0.25) is 0 Å². The van der Waals surface area contributed by atoms with E-state index in [0.717, 1.165) is 11.0 Å². The maximum Gasteiger partial charge on any atom is 0.343 e. The fourth-order valence-electron chi connectivity index (χ4n) is 1.70. The Labute approximate surface area is 105 Å². The number of benzene rings is 1. The molecule has 1 unspecified atom stereocenters.